The van der Waals surface area contributed by atoms with Gasteiger partial charge in [-0.05, 0) is 30.9 Å². The second kappa shape index (κ2) is 11.4. The molecule has 0 aromatic heterocycles. The predicted molar refractivity (Wildman–Crippen MR) is 86.7 cm³/mol. The lowest BCUT2D eigenvalue weighted by atomic mass is 10.1. The lowest BCUT2D eigenvalue weighted by Gasteiger charge is -2.08. The molecule has 1 rings (SSSR count). The number of hydrogen-bond donors (Lipinski definition) is 3. The van der Waals surface area contributed by atoms with Crippen LogP contribution in [0, 0.1) is 0 Å². The van der Waals surface area contributed by atoms with Gasteiger partial charge in [-0.3, -0.25) is 9.59 Å². The average Bonchev–Trinajstić information content (AvgIpc) is 2.52. The van der Waals surface area contributed by atoms with Crippen LogP contribution < -0.4 is 11.1 Å². The van der Waals surface area contributed by atoms with Crippen LogP contribution in [0.25, 0.3) is 0 Å². The van der Waals surface area contributed by atoms with Crippen molar-refractivity contribution >= 4 is 30.8 Å². The van der Waals surface area contributed by atoms with E-state index in [0.717, 1.165) is 11.8 Å². The Morgan fingerprint density at radius 3 is 2.74 bits per heavy atom. The topological polar surface area (TPSA) is 119 Å². The number of benzene rings is 1. The minimum absolute atomic E-state index is 0. The van der Waals surface area contributed by atoms with Crippen molar-refractivity contribution in [3.63, 3.8) is 0 Å². The Morgan fingerprint density at radius 1 is 1.35 bits per heavy atom. The molecule has 0 heterocycles. The van der Waals surface area contributed by atoms with Gasteiger partial charge in [0.25, 0.3) is 0 Å². The van der Waals surface area contributed by atoms with Crippen molar-refractivity contribution in [2.45, 2.75) is 31.9 Å². The molecular weight excluding hydrogens is 324 g/mol. The highest BCUT2D eigenvalue weighted by molar-refractivity contribution is 5.85. The van der Waals surface area contributed by atoms with Gasteiger partial charge >= 0.3 is 12.1 Å². The highest BCUT2D eigenvalue weighted by atomic mass is 35.5. The maximum atomic E-state index is 11.5. The molecule has 1 unspecified atom stereocenters. The predicted octanol–water partition coefficient (Wildman–Crippen LogP) is 1.73. The van der Waals surface area contributed by atoms with Gasteiger partial charge in [0.15, 0.2) is 0 Å². The van der Waals surface area contributed by atoms with Crippen LogP contribution in [0.1, 0.15) is 35.2 Å². The van der Waals surface area contributed by atoms with Crippen molar-refractivity contribution in [1.82, 2.24) is 5.32 Å². The minimum atomic E-state index is -1.02. The first kappa shape index (κ1) is 20.9. The summed E-state index contributed by atoms with van der Waals surface area (Å²) in [6.45, 7) is 0.469. The number of alkyl carbamates (subject to hydrolysis) is 1. The second-order valence-corrected chi connectivity index (χ2v) is 4.81. The number of carbonyl (C=O) groups excluding carboxylic acids is 2. The number of rotatable bonds is 9. The van der Waals surface area contributed by atoms with Crippen molar-refractivity contribution in [2.75, 3.05) is 6.54 Å². The highest BCUT2D eigenvalue weighted by Crippen LogP contribution is 2.05. The number of carboxylic acid groups (broad SMARTS) is 1. The quantitative estimate of drug-likeness (QED) is 0.463. The normalized spacial score (nSPS) is 11.0. The van der Waals surface area contributed by atoms with E-state index in [1.807, 2.05) is 0 Å². The molecule has 1 aromatic carbocycles. The molecule has 7 nitrogen and oxygen atoms in total. The van der Waals surface area contributed by atoms with E-state index >= 15 is 0 Å². The summed E-state index contributed by atoms with van der Waals surface area (Å²) >= 11 is 0. The number of nitrogens with one attached hydrogen (secondary N) is 1. The molecule has 0 spiro atoms. The van der Waals surface area contributed by atoms with Crippen LogP contribution in [0.15, 0.2) is 24.3 Å². The molecule has 0 bridgehead atoms. The molecule has 0 saturated heterocycles. The van der Waals surface area contributed by atoms with Gasteiger partial charge in [-0.25, -0.2) is 4.79 Å². The van der Waals surface area contributed by atoms with Crippen LogP contribution in [0.2, 0.25) is 0 Å². The van der Waals surface area contributed by atoms with Gasteiger partial charge in [-0.15, -0.1) is 12.4 Å². The highest BCUT2D eigenvalue weighted by Gasteiger charge is 2.10. The molecular formula is C15H21ClN2O5. The third-order valence-corrected chi connectivity index (χ3v) is 2.99. The van der Waals surface area contributed by atoms with Crippen molar-refractivity contribution in [3.05, 3.63) is 35.4 Å². The van der Waals surface area contributed by atoms with Crippen LogP contribution in [-0.4, -0.2) is 36.0 Å². The Bertz CT molecular complexity index is 524. The number of hydrogen-bond acceptors (Lipinski definition) is 5. The van der Waals surface area contributed by atoms with Gasteiger partial charge in [0.2, 0.25) is 0 Å². The Hall–Kier alpha value is -2.12. The zero-order valence-electron chi connectivity index (χ0n) is 12.6. The van der Waals surface area contributed by atoms with Crippen molar-refractivity contribution < 1.29 is 24.2 Å². The van der Waals surface area contributed by atoms with Gasteiger partial charge in [0.05, 0.1) is 0 Å². The Labute approximate surface area is 140 Å². The molecule has 4 N–H and O–H groups in total. The summed E-state index contributed by atoms with van der Waals surface area (Å²) in [6.07, 6.45) is 1.76. The molecule has 0 saturated carbocycles. The largest absolute Gasteiger partial charge is 0.480 e. The Kier molecular flexibility index (Phi) is 10.4. The van der Waals surface area contributed by atoms with Crippen LogP contribution in [0.4, 0.5) is 4.79 Å². The van der Waals surface area contributed by atoms with E-state index < -0.39 is 18.1 Å². The molecule has 0 aliphatic heterocycles. The van der Waals surface area contributed by atoms with Crippen LogP contribution in [0.3, 0.4) is 0 Å². The average molecular weight is 345 g/mol. The summed E-state index contributed by atoms with van der Waals surface area (Å²) in [4.78, 5) is 32.6. The van der Waals surface area contributed by atoms with E-state index in [4.69, 9.17) is 15.6 Å². The van der Waals surface area contributed by atoms with E-state index in [-0.39, 0.29) is 19.0 Å². The van der Waals surface area contributed by atoms with E-state index in [0.29, 0.717) is 31.4 Å². The van der Waals surface area contributed by atoms with Crippen LogP contribution in [-0.2, 0) is 16.1 Å². The molecule has 0 radical (unpaired) electrons. The maximum Gasteiger partial charge on any atom is 0.407 e. The van der Waals surface area contributed by atoms with E-state index in [1.54, 1.807) is 24.3 Å². The SMILES string of the molecule is Cl.NC(CCCCNC(=O)OCc1cccc(C=O)c1)C(=O)O. The number of amides is 1. The van der Waals surface area contributed by atoms with E-state index in [1.165, 1.54) is 0 Å². The molecule has 1 aromatic rings. The number of aldehydes is 1. The van der Waals surface area contributed by atoms with Gasteiger partial charge in [-0.2, -0.15) is 0 Å². The maximum absolute atomic E-state index is 11.5. The fraction of sp³-hybridized carbons (Fsp3) is 0.400. The molecule has 1 atom stereocenters. The first-order chi connectivity index (χ1) is 10.5. The fourth-order valence-electron chi connectivity index (χ4n) is 1.76. The van der Waals surface area contributed by atoms with Gasteiger partial charge in [0.1, 0.15) is 18.9 Å². The fourth-order valence-corrected chi connectivity index (χ4v) is 1.76. The first-order valence-electron chi connectivity index (χ1n) is 6.96. The molecule has 23 heavy (non-hydrogen) atoms. The molecule has 0 fully saturated rings. The van der Waals surface area contributed by atoms with Gasteiger partial charge in [0, 0.05) is 12.1 Å². The molecule has 128 valence electrons. The summed E-state index contributed by atoms with van der Waals surface area (Å²) in [7, 11) is 0. The third-order valence-electron chi connectivity index (χ3n) is 2.99. The summed E-state index contributed by atoms with van der Waals surface area (Å²) in [5, 5.41) is 11.2. The van der Waals surface area contributed by atoms with Crippen LogP contribution in [0.5, 0.6) is 0 Å². The minimum Gasteiger partial charge on any atom is -0.480 e. The van der Waals surface area contributed by atoms with Gasteiger partial charge < -0.3 is 20.9 Å². The van der Waals surface area contributed by atoms with E-state index in [9.17, 15) is 14.4 Å². The summed E-state index contributed by atoms with van der Waals surface area (Å²) in [5.41, 5.74) is 6.61. The smallest absolute Gasteiger partial charge is 0.407 e. The number of unbranched alkanes of at least 4 members (excludes halogenated alkanes) is 1. The Morgan fingerprint density at radius 2 is 2.09 bits per heavy atom. The molecule has 0 aliphatic rings. The third kappa shape index (κ3) is 8.80. The standard InChI is InChI=1S/C15H20N2O5.ClH/c16-13(14(19)20)6-1-2-7-17-15(21)22-10-12-5-3-4-11(8-12)9-18;/h3-5,8-9,13H,1-2,6-7,10,16H2,(H,17,21)(H,19,20);1H. The number of halogens is 1. The van der Waals surface area contributed by atoms with Crippen LogP contribution >= 0.6 is 12.4 Å². The molecule has 8 heteroatoms. The number of aliphatic carboxylic acids is 1. The lowest BCUT2D eigenvalue weighted by molar-refractivity contribution is -0.138. The number of nitrogens with two attached hydrogens (primary N) is 1. The number of ether oxygens (including phenoxy) is 1. The zero-order chi connectivity index (χ0) is 16.4. The second-order valence-electron chi connectivity index (χ2n) is 4.81. The lowest BCUT2D eigenvalue weighted by Crippen LogP contribution is -2.30. The number of carboxylic acids is 1. The summed E-state index contributed by atoms with van der Waals surface area (Å²) < 4.78 is 5.01. The first-order valence-corrected chi connectivity index (χ1v) is 6.96. The Balaban J connectivity index is 0.00000484. The monoisotopic (exact) mass is 344 g/mol. The van der Waals surface area contributed by atoms with Crippen molar-refractivity contribution in [2.24, 2.45) is 5.73 Å². The zero-order valence-corrected chi connectivity index (χ0v) is 13.4. The van der Waals surface area contributed by atoms with Gasteiger partial charge in [-0.1, -0.05) is 18.2 Å². The number of carbonyl (C=O) groups is 3. The van der Waals surface area contributed by atoms with Crippen molar-refractivity contribution in [1.29, 1.82) is 0 Å². The summed E-state index contributed by atoms with van der Waals surface area (Å²) in [5.74, 6) is -1.02. The van der Waals surface area contributed by atoms with E-state index in [2.05, 4.69) is 5.32 Å². The van der Waals surface area contributed by atoms with Crippen molar-refractivity contribution in [3.8, 4) is 0 Å². The molecule has 0 aliphatic carbocycles. The molecule has 1 amide bonds. The summed E-state index contributed by atoms with van der Waals surface area (Å²) in [6, 6.07) is 5.92.